The highest BCUT2D eigenvalue weighted by Gasteiger charge is 2.40. The second kappa shape index (κ2) is 12.0. The number of alkyl halides is 3. The number of aryl methyl sites for hydroxylation is 2. The van der Waals surface area contributed by atoms with Crippen LogP contribution in [-0.4, -0.2) is 62.9 Å². The predicted octanol–water partition coefficient (Wildman–Crippen LogP) is 4.80. The molecule has 1 atom stereocenters. The van der Waals surface area contributed by atoms with Gasteiger partial charge in [-0.2, -0.15) is 18.3 Å². The Kier molecular flexibility index (Phi) is 8.53. The summed E-state index contributed by atoms with van der Waals surface area (Å²) in [6.07, 6.45) is 2.05. The second-order valence-electron chi connectivity index (χ2n) is 11.0. The number of carbonyl (C=O) groups excluding carboxylic acids is 1. The van der Waals surface area contributed by atoms with Crippen LogP contribution in [0.1, 0.15) is 39.8 Å². The Morgan fingerprint density at radius 1 is 1.12 bits per heavy atom. The number of rotatable bonds is 8. The maximum atomic E-state index is 14.1. The molecule has 0 aliphatic carbocycles. The Balaban J connectivity index is 0.00000368. The minimum atomic E-state index is -4.68. The number of ether oxygens (including phenoxy) is 1. The van der Waals surface area contributed by atoms with Gasteiger partial charge in [0.05, 0.1) is 24.4 Å². The Morgan fingerprint density at radius 2 is 1.88 bits per heavy atom. The van der Waals surface area contributed by atoms with Crippen LogP contribution in [-0.2, 0) is 25.7 Å². The van der Waals surface area contributed by atoms with Gasteiger partial charge < -0.3 is 19.5 Å². The van der Waals surface area contributed by atoms with Gasteiger partial charge in [0.15, 0.2) is 11.5 Å². The van der Waals surface area contributed by atoms with Crippen molar-refractivity contribution in [2.45, 2.75) is 45.6 Å². The molecular weight excluding hydrogens is 583 g/mol. The molecule has 3 aromatic heterocycles. The summed E-state index contributed by atoms with van der Waals surface area (Å²) in [5, 5.41) is 7.05. The lowest BCUT2D eigenvalue weighted by Gasteiger charge is -2.40. The van der Waals surface area contributed by atoms with Crippen LogP contribution < -0.4 is 15.0 Å². The first-order chi connectivity index (χ1) is 20.1. The maximum absolute atomic E-state index is 14.1. The Bertz CT molecular complexity index is 1610. The van der Waals surface area contributed by atoms with E-state index >= 15 is 0 Å². The van der Waals surface area contributed by atoms with E-state index in [1.165, 1.54) is 10.9 Å². The molecule has 9 nitrogen and oxygen atoms in total. The quantitative estimate of drug-likeness (QED) is 0.305. The second-order valence-corrected chi connectivity index (χ2v) is 11.0. The number of nitrogens with one attached hydrogen (secondary N) is 1. The summed E-state index contributed by atoms with van der Waals surface area (Å²) in [5.74, 6) is 0.324. The molecule has 2 aliphatic heterocycles. The summed E-state index contributed by atoms with van der Waals surface area (Å²) in [4.78, 5) is 25.1. The number of carbonyl (C=O) groups is 1. The van der Waals surface area contributed by atoms with Crippen LogP contribution >= 0.6 is 12.4 Å². The Labute approximate surface area is 253 Å². The molecule has 0 bridgehead atoms. The number of benzene rings is 1. The lowest BCUT2D eigenvalue weighted by molar-refractivity contribution is -0.141. The fraction of sp³-hybridized carbons (Fsp3) is 0.400. The standard InChI is InChI=1S/C30H32F3N7O2.ClH/c1-4-40-15-25(29(37-40)30(31,32)33)23-9-19(12-38-6-5-35-17-38)10-24-27(41)20(16-42-28(23)24)11-21-7-18(2)8-26(36-21)39-13-22(14-39)34-3;/h5-10,15,17,20,22,34H,4,11-14,16H2,1-3H3;1H/t20-;/m0./s1. The molecule has 0 amide bonds. The summed E-state index contributed by atoms with van der Waals surface area (Å²) in [5.41, 5.74) is 1.83. The van der Waals surface area contributed by atoms with E-state index < -0.39 is 17.8 Å². The molecule has 1 fully saturated rings. The summed E-state index contributed by atoms with van der Waals surface area (Å²) in [6, 6.07) is 7.80. The number of aromatic nitrogens is 5. The van der Waals surface area contributed by atoms with Gasteiger partial charge in [0.25, 0.3) is 0 Å². The maximum Gasteiger partial charge on any atom is 0.435 e. The normalized spacial score (nSPS) is 16.8. The van der Waals surface area contributed by atoms with Crippen molar-refractivity contribution < 1.29 is 22.7 Å². The van der Waals surface area contributed by atoms with E-state index in [9.17, 15) is 18.0 Å². The van der Waals surface area contributed by atoms with Gasteiger partial charge in [-0.15, -0.1) is 12.4 Å². The van der Waals surface area contributed by atoms with E-state index in [1.807, 2.05) is 26.1 Å². The van der Waals surface area contributed by atoms with E-state index in [2.05, 4.69) is 20.3 Å². The number of imidazole rings is 1. The lowest BCUT2D eigenvalue weighted by Crippen LogP contribution is -2.57. The summed E-state index contributed by atoms with van der Waals surface area (Å²) in [6.45, 7) is 6.08. The molecule has 6 rings (SSSR count). The number of anilines is 1. The number of hydrogen-bond donors (Lipinski definition) is 1. The number of Topliss-reactive ketones (excluding diaryl/α,β-unsaturated/α-hetero) is 1. The van der Waals surface area contributed by atoms with Gasteiger partial charge in [-0.1, -0.05) is 0 Å². The molecule has 43 heavy (non-hydrogen) atoms. The van der Waals surface area contributed by atoms with Crippen LogP contribution in [0.15, 0.2) is 49.2 Å². The molecular formula is C30H33ClF3N7O2. The number of fused-ring (bicyclic) bond motifs is 1. The zero-order valence-corrected chi connectivity index (χ0v) is 24.9. The topological polar surface area (TPSA) is 90.1 Å². The molecule has 4 aromatic rings. The smallest absolute Gasteiger partial charge is 0.435 e. The highest BCUT2D eigenvalue weighted by atomic mass is 35.5. The van der Waals surface area contributed by atoms with Crippen LogP contribution in [0.2, 0.25) is 0 Å². The minimum Gasteiger partial charge on any atom is -0.491 e. The predicted molar refractivity (Wildman–Crippen MR) is 158 cm³/mol. The average molecular weight is 616 g/mol. The first kappa shape index (κ1) is 30.6. The molecule has 1 N–H and O–H groups in total. The van der Waals surface area contributed by atoms with Crippen molar-refractivity contribution in [1.29, 1.82) is 0 Å². The number of hydrogen-bond acceptors (Lipinski definition) is 7. The molecule has 2 aliphatic rings. The third-order valence-corrected chi connectivity index (χ3v) is 7.86. The molecule has 0 spiro atoms. The van der Waals surface area contributed by atoms with E-state index in [-0.39, 0.29) is 53.8 Å². The van der Waals surface area contributed by atoms with Gasteiger partial charge in [-0.25, -0.2) is 9.97 Å². The minimum absolute atomic E-state index is 0. The molecule has 228 valence electrons. The highest BCUT2D eigenvalue weighted by Crippen LogP contribution is 2.44. The number of pyridine rings is 1. The molecule has 0 radical (unpaired) electrons. The largest absolute Gasteiger partial charge is 0.491 e. The van der Waals surface area contributed by atoms with Crippen LogP contribution in [0.25, 0.3) is 11.1 Å². The van der Waals surface area contributed by atoms with Gasteiger partial charge in [-0.3, -0.25) is 9.48 Å². The molecule has 5 heterocycles. The van der Waals surface area contributed by atoms with Crippen molar-refractivity contribution in [3.05, 3.63) is 77.3 Å². The van der Waals surface area contributed by atoms with E-state index in [0.29, 0.717) is 24.6 Å². The number of ketones is 1. The number of halogens is 4. The lowest BCUT2D eigenvalue weighted by atomic mass is 9.87. The molecule has 13 heteroatoms. The van der Waals surface area contributed by atoms with Crippen molar-refractivity contribution in [1.82, 2.24) is 29.6 Å². The molecule has 0 unspecified atom stereocenters. The highest BCUT2D eigenvalue weighted by molar-refractivity contribution is 6.04. The molecule has 0 saturated carbocycles. The van der Waals surface area contributed by atoms with Crippen molar-refractivity contribution in [3.63, 3.8) is 0 Å². The van der Waals surface area contributed by atoms with Crippen LogP contribution in [0.4, 0.5) is 19.0 Å². The molecule has 1 aromatic carbocycles. The SMILES string of the molecule is CCn1cc(-c2cc(Cn3ccnc3)cc3c2OC[C@H](Cc2cc(C)cc(N4CC(NC)C4)n2)C3=O)c(C(F)(F)F)n1.Cl. The molecule has 1 saturated heterocycles. The average Bonchev–Trinajstić information content (AvgIpc) is 3.59. The van der Waals surface area contributed by atoms with Crippen LogP contribution in [0.5, 0.6) is 5.75 Å². The van der Waals surface area contributed by atoms with Gasteiger partial charge in [0.2, 0.25) is 0 Å². The Hall–Kier alpha value is -3.90. The first-order valence-corrected chi connectivity index (χ1v) is 14.0. The van der Waals surface area contributed by atoms with Crippen LogP contribution in [0, 0.1) is 12.8 Å². The Morgan fingerprint density at radius 3 is 2.56 bits per heavy atom. The van der Waals surface area contributed by atoms with E-state index in [4.69, 9.17) is 9.72 Å². The number of nitrogens with zero attached hydrogens (tertiary/aromatic N) is 6. The van der Waals surface area contributed by atoms with Crippen LogP contribution in [0.3, 0.4) is 0 Å². The summed E-state index contributed by atoms with van der Waals surface area (Å²) in [7, 11) is 1.94. The van der Waals surface area contributed by atoms with Gasteiger partial charge in [0.1, 0.15) is 11.6 Å². The van der Waals surface area contributed by atoms with Crippen molar-refractivity contribution in [3.8, 4) is 16.9 Å². The van der Waals surface area contributed by atoms with Gasteiger partial charge >= 0.3 is 6.18 Å². The van der Waals surface area contributed by atoms with Crippen molar-refractivity contribution >= 4 is 24.0 Å². The third kappa shape index (κ3) is 6.12. The fourth-order valence-corrected chi connectivity index (χ4v) is 5.62. The number of likely N-dealkylation sites (N-methyl/N-ethyl adjacent to an activating group) is 1. The van der Waals surface area contributed by atoms with E-state index in [0.717, 1.165) is 30.2 Å². The van der Waals surface area contributed by atoms with E-state index in [1.54, 1.807) is 42.3 Å². The summed E-state index contributed by atoms with van der Waals surface area (Å²) < 4.78 is 51.4. The van der Waals surface area contributed by atoms with Crippen molar-refractivity contribution in [2.75, 3.05) is 31.6 Å². The zero-order valence-electron chi connectivity index (χ0n) is 24.1. The fourth-order valence-electron chi connectivity index (χ4n) is 5.62. The van der Waals surface area contributed by atoms with Crippen molar-refractivity contribution in [2.24, 2.45) is 5.92 Å². The monoisotopic (exact) mass is 615 g/mol. The summed E-state index contributed by atoms with van der Waals surface area (Å²) >= 11 is 0. The van der Waals surface area contributed by atoms with Gasteiger partial charge in [0, 0.05) is 74.1 Å². The van der Waals surface area contributed by atoms with Gasteiger partial charge in [-0.05, 0) is 56.3 Å². The zero-order chi connectivity index (χ0) is 29.6. The third-order valence-electron chi connectivity index (χ3n) is 7.86. The first-order valence-electron chi connectivity index (χ1n) is 14.0.